The number of hydrogen-bond donors (Lipinski definition) is 1. The van der Waals surface area contributed by atoms with E-state index < -0.39 is 17.4 Å². The van der Waals surface area contributed by atoms with Gasteiger partial charge in [-0.25, -0.2) is 23.3 Å². The SMILES string of the molecule is Cc1cccc2c1ncn1c(=O)n(CC(=O)Nc3ccc(Cl)cc3F)nc21. The van der Waals surface area contributed by atoms with E-state index in [-0.39, 0.29) is 17.3 Å². The average molecular weight is 386 g/mol. The maximum atomic E-state index is 13.8. The van der Waals surface area contributed by atoms with Crippen LogP contribution in [0.25, 0.3) is 16.6 Å². The number of carbonyl (C=O) groups is 1. The molecule has 4 rings (SSSR count). The van der Waals surface area contributed by atoms with E-state index in [1.807, 2.05) is 25.1 Å². The Kier molecular flexibility index (Phi) is 4.12. The number of carbonyl (C=O) groups excluding carboxylic acids is 1. The number of aryl methyl sites for hydroxylation is 1. The second-order valence-corrected chi connectivity index (χ2v) is 6.46. The van der Waals surface area contributed by atoms with E-state index in [1.165, 1.54) is 22.9 Å². The molecule has 0 saturated carbocycles. The summed E-state index contributed by atoms with van der Waals surface area (Å²) in [5, 5.41) is 7.58. The highest BCUT2D eigenvalue weighted by Gasteiger charge is 2.15. The monoisotopic (exact) mass is 385 g/mol. The molecule has 0 aliphatic heterocycles. The van der Waals surface area contributed by atoms with Crippen LogP contribution in [0, 0.1) is 12.7 Å². The summed E-state index contributed by atoms with van der Waals surface area (Å²) >= 11 is 5.69. The van der Waals surface area contributed by atoms with Crippen molar-refractivity contribution in [1.82, 2.24) is 19.2 Å². The number of para-hydroxylation sites is 1. The Labute approximate surface area is 157 Å². The molecule has 136 valence electrons. The molecule has 2 heterocycles. The molecule has 0 saturated heterocycles. The summed E-state index contributed by atoms with van der Waals surface area (Å²) in [5.41, 5.74) is 1.55. The summed E-state index contributed by atoms with van der Waals surface area (Å²) in [6.45, 7) is 1.55. The van der Waals surface area contributed by atoms with E-state index in [1.54, 1.807) is 0 Å². The van der Waals surface area contributed by atoms with Gasteiger partial charge >= 0.3 is 5.69 Å². The standard InChI is InChI=1S/C18H13ClFN5O2/c1-10-3-2-4-12-16(10)21-9-24-17(12)23-25(18(24)27)8-15(26)22-14-6-5-11(19)7-13(14)20/h2-7,9H,8H2,1H3,(H,22,26). The zero-order chi connectivity index (χ0) is 19.1. The van der Waals surface area contributed by atoms with Crippen LogP contribution in [-0.2, 0) is 11.3 Å². The fourth-order valence-electron chi connectivity index (χ4n) is 2.85. The average Bonchev–Trinajstić information content (AvgIpc) is 2.94. The second kappa shape index (κ2) is 6.48. The maximum Gasteiger partial charge on any atom is 0.352 e. The minimum atomic E-state index is -0.663. The quantitative estimate of drug-likeness (QED) is 0.588. The molecule has 0 bridgehead atoms. The highest BCUT2D eigenvalue weighted by atomic mass is 35.5. The first-order valence-corrected chi connectivity index (χ1v) is 8.40. The Morgan fingerprint density at radius 3 is 2.89 bits per heavy atom. The van der Waals surface area contributed by atoms with Gasteiger partial charge in [-0.3, -0.25) is 4.79 Å². The van der Waals surface area contributed by atoms with Gasteiger partial charge in [0.25, 0.3) is 0 Å². The number of nitrogens with zero attached hydrogens (tertiary/aromatic N) is 4. The third-order valence-electron chi connectivity index (χ3n) is 4.15. The molecule has 0 fully saturated rings. The van der Waals surface area contributed by atoms with E-state index in [0.29, 0.717) is 11.0 Å². The zero-order valence-corrected chi connectivity index (χ0v) is 14.9. The molecule has 9 heteroatoms. The predicted octanol–water partition coefficient (Wildman–Crippen LogP) is 2.78. The number of nitrogens with one attached hydrogen (secondary N) is 1. The molecule has 1 N–H and O–H groups in total. The number of anilines is 1. The van der Waals surface area contributed by atoms with Crippen molar-refractivity contribution in [1.29, 1.82) is 0 Å². The van der Waals surface area contributed by atoms with Crippen LogP contribution in [0.3, 0.4) is 0 Å². The largest absolute Gasteiger partial charge is 0.352 e. The van der Waals surface area contributed by atoms with Crippen molar-refractivity contribution in [2.75, 3.05) is 5.32 Å². The number of aromatic nitrogens is 4. The molecule has 4 aromatic rings. The Bertz CT molecular complexity index is 1260. The molecule has 2 aromatic carbocycles. The lowest BCUT2D eigenvalue weighted by Gasteiger charge is -2.06. The lowest BCUT2D eigenvalue weighted by Crippen LogP contribution is -2.28. The normalized spacial score (nSPS) is 11.2. The van der Waals surface area contributed by atoms with Crippen molar-refractivity contribution in [3.63, 3.8) is 0 Å². The Hall–Kier alpha value is -3.26. The molecule has 0 aliphatic carbocycles. The number of halogens is 2. The van der Waals surface area contributed by atoms with Gasteiger partial charge in [0.05, 0.1) is 11.2 Å². The Morgan fingerprint density at radius 2 is 2.11 bits per heavy atom. The minimum absolute atomic E-state index is 0.0241. The number of benzene rings is 2. The van der Waals surface area contributed by atoms with Crippen LogP contribution in [-0.4, -0.2) is 25.1 Å². The number of amides is 1. The van der Waals surface area contributed by atoms with E-state index in [4.69, 9.17) is 11.6 Å². The molecule has 7 nitrogen and oxygen atoms in total. The van der Waals surface area contributed by atoms with Crippen molar-refractivity contribution in [2.24, 2.45) is 0 Å². The molecule has 2 aromatic heterocycles. The lowest BCUT2D eigenvalue weighted by atomic mass is 10.1. The van der Waals surface area contributed by atoms with Crippen molar-refractivity contribution in [3.05, 3.63) is 69.6 Å². The fourth-order valence-corrected chi connectivity index (χ4v) is 3.01. The lowest BCUT2D eigenvalue weighted by molar-refractivity contribution is -0.117. The minimum Gasteiger partial charge on any atom is -0.322 e. The third-order valence-corrected chi connectivity index (χ3v) is 4.39. The molecular formula is C18H13ClFN5O2. The van der Waals surface area contributed by atoms with Gasteiger partial charge in [-0.2, -0.15) is 0 Å². The van der Waals surface area contributed by atoms with Gasteiger partial charge in [-0.15, -0.1) is 5.10 Å². The van der Waals surface area contributed by atoms with Crippen LogP contribution in [0.1, 0.15) is 5.56 Å². The summed E-state index contributed by atoms with van der Waals surface area (Å²) in [7, 11) is 0. The molecule has 0 aliphatic rings. The van der Waals surface area contributed by atoms with Crippen LogP contribution in [0.15, 0.2) is 47.5 Å². The van der Waals surface area contributed by atoms with Crippen molar-refractivity contribution in [2.45, 2.75) is 13.5 Å². The maximum absolute atomic E-state index is 13.8. The van der Waals surface area contributed by atoms with Gasteiger partial charge in [0.2, 0.25) is 5.91 Å². The van der Waals surface area contributed by atoms with Crippen LogP contribution < -0.4 is 11.0 Å². The van der Waals surface area contributed by atoms with Crippen LogP contribution in [0.5, 0.6) is 0 Å². The van der Waals surface area contributed by atoms with Gasteiger partial charge in [0, 0.05) is 10.4 Å². The zero-order valence-electron chi connectivity index (χ0n) is 14.1. The van der Waals surface area contributed by atoms with E-state index in [9.17, 15) is 14.0 Å². The first-order chi connectivity index (χ1) is 12.9. The third kappa shape index (κ3) is 3.04. The summed E-state index contributed by atoms with van der Waals surface area (Å²) in [5.74, 6) is -1.25. The number of fused-ring (bicyclic) bond motifs is 3. The molecular weight excluding hydrogens is 373 g/mol. The highest BCUT2D eigenvalue weighted by molar-refractivity contribution is 6.30. The summed E-state index contributed by atoms with van der Waals surface area (Å²) in [4.78, 5) is 29.0. The van der Waals surface area contributed by atoms with Crippen molar-refractivity contribution in [3.8, 4) is 0 Å². The Morgan fingerprint density at radius 1 is 1.30 bits per heavy atom. The summed E-state index contributed by atoms with van der Waals surface area (Å²) < 4.78 is 16.1. The van der Waals surface area contributed by atoms with Gasteiger partial charge in [-0.05, 0) is 36.8 Å². The van der Waals surface area contributed by atoms with Gasteiger partial charge < -0.3 is 5.32 Å². The van der Waals surface area contributed by atoms with Gasteiger partial charge in [-0.1, -0.05) is 23.7 Å². The smallest absolute Gasteiger partial charge is 0.322 e. The predicted molar refractivity (Wildman–Crippen MR) is 99.5 cm³/mol. The van der Waals surface area contributed by atoms with E-state index in [0.717, 1.165) is 21.8 Å². The topological polar surface area (TPSA) is 81.3 Å². The second-order valence-electron chi connectivity index (χ2n) is 6.02. The molecule has 27 heavy (non-hydrogen) atoms. The van der Waals surface area contributed by atoms with Gasteiger partial charge in [0.1, 0.15) is 18.7 Å². The van der Waals surface area contributed by atoms with Crippen molar-refractivity contribution < 1.29 is 9.18 Å². The van der Waals surface area contributed by atoms with Crippen LogP contribution >= 0.6 is 11.6 Å². The van der Waals surface area contributed by atoms with Crippen LogP contribution in [0.2, 0.25) is 5.02 Å². The van der Waals surface area contributed by atoms with Crippen molar-refractivity contribution >= 4 is 39.7 Å². The van der Waals surface area contributed by atoms with E-state index >= 15 is 0 Å². The highest BCUT2D eigenvalue weighted by Crippen LogP contribution is 2.20. The molecule has 0 atom stereocenters. The summed E-state index contributed by atoms with van der Waals surface area (Å²) in [6, 6.07) is 9.46. The summed E-state index contributed by atoms with van der Waals surface area (Å²) in [6.07, 6.45) is 1.38. The van der Waals surface area contributed by atoms with E-state index in [2.05, 4.69) is 15.4 Å². The Balaban J connectivity index is 1.68. The number of hydrogen-bond acceptors (Lipinski definition) is 4. The van der Waals surface area contributed by atoms with Crippen LogP contribution in [0.4, 0.5) is 10.1 Å². The first-order valence-electron chi connectivity index (χ1n) is 8.02. The molecule has 0 unspecified atom stereocenters. The molecule has 1 amide bonds. The molecule has 0 radical (unpaired) electrons. The molecule has 0 spiro atoms. The van der Waals surface area contributed by atoms with Gasteiger partial charge in [0.15, 0.2) is 5.65 Å². The first kappa shape index (κ1) is 17.2. The fraction of sp³-hybridized carbons (Fsp3) is 0.111. The number of rotatable bonds is 3.